The van der Waals surface area contributed by atoms with Crippen LogP contribution in [-0.4, -0.2) is 87.3 Å². The maximum atomic E-state index is 11.5. The second-order valence-corrected chi connectivity index (χ2v) is 7.08. The highest BCUT2D eigenvalue weighted by atomic mass is 32.1. The van der Waals surface area contributed by atoms with Crippen LogP contribution in [0, 0.1) is 0 Å². The number of aromatic hydroxyl groups is 2. The van der Waals surface area contributed by atoms with E-state index < -0.39 is 48.5 Å². The zero-order valence-electron chi connectivity index (χ0n) is 17.9. The average Bonchev–Trinajstić information content (AvgIpc) is 2.76. The lowest BCUT2D eigenvalue weighted by Gasteiger charge is -2.16. The van der Waals surface area contributed by atoms with Gasteiger partial charge in [-0.15, -0.1) is 0 Å². The highest BCUT2D eigenvalue weighted by Crippen LogP contribution is 2.27. The quantitative estimate of drug-likeness (QED) is 0.115. The number of aliphatic hydroxyl groups is 1. The monoisotopic (exact) mass is 490 g/mol. The zero-order valence-corrected chi connectivity index (χ0v) is 18.8. The van der Waals surface area contributed by atoms with Gasteiger partial charge in [0.1, 0.15) is 18.6 Å². The number of aliphatic hydroxyl groups excluding tert-OH is 1. The summed E-state index contributed by atoms with van der Waals surface area (Å²) in [7, 11) is 1.73. The molecule has 10 N–H and O–H groups in total. The lowest BCUT2D eigenvalue weighted by Crippen LogP contribution is -2.49. The first kappa shape index (κ1) is 29.9. The smallest absolute Gasteiger partial charge is 0.322 e. The fourth-order valence-electron chi connectivity index (χ4n) is 2.22. The highest BCUT2D eigenvalue weighted by Gasteiger charge is 2.21. The normalized spacial score (nSPS) is 13.0. The van der Waals surface area contributed by atoms with Gasteiger partial charge >= 0.3 is 11.9 Å². The molecule has 0 bridgehead atoms. The Kier molecular flexibility index (Phi) is 14.2. The molecule has 0 fully saturated rings. The SMILES string of the molecule is CNCC(O)c1ccc(O)c(O)c1.NC(CCC(=O)NC(CS)C(=O)NCC(=O)O)C(=O)O. The first-order valence-corrected chi connectivity index (χ1v) is 10.3. The van der Waals surface area contributed by atoms with Crippen LogP contribution in [0.2, 0.25) is 0 Å². The van der Waals surface area contributed by atoms with Crippen LogP contribution in [0.5, 0.6) is 11.5 Å². The van der Waals surface area contributed by atoms with Crippen molar-refractivity contribution in [3.63, 3.8) is 0 Å². The number of nitrogens with two attached hydrogens (primary N) is 1. The minimum atomic E-state index is -1.22. The largest absolute Gasteiger partial charge is 0.504 e. The number of aliphatic carboxylic acids is 2. The minimum absolute atomic E-state index is 0.0256. The fraction of sp³-hybridized carbons (Fsp3) is 0.474. The van der Waals surface area contributed by atoms with Gasteiger partial charge in [0.05, 0.1) is 6.10 Å². The van der Waals surface area contributed by atoms with Gasteiger partial charge in [-0.25, -0.2) is 0 Å². The summed E-state index contributed by atoms with van der Waals surface area (Å²) in [6, 6.07) is 2.11. The fourth-order valence-corrected chi connectivity index (χ4v) is 2.47. The number of phenols is 2. The van der Waals surface area contributed by atoms with Gasteiger partial charge < -0.3 is 47.2 Å². The van der Waals surface area contributed by atoms with Crippen molar-refractivity contribution < 1.29 is 44.7 Å². The molecule has 3 atom stereocenters. The Balaban J connectivity index is 0.000000676. The second kappa shape index (κ2) is 15.7. The van der Waals surface area contributed by atoms with Crippen LogP contribution >= 0.6 is 12.6 Å². The maximum absolute atomic E-state index is 11.5. The molecule has 2 amide bonds. The van der Waals surface area contributed by atoms with Gasteiger partial charge in [0.2, 0.25) is 11.8 Å². The van der Waals surface area contributed by atoms with Crippen LogP contribution in [0.25, 0.3) is 0 Å². The number of benzene rings is 1. The lowest BCUT2D eigenvalue weighted by molar-refractivity contribution is -0.139. The van der Waals surface area contributed by atoms with Gasteiger partial charge in [0.15, 0.2) is 11.5 Å². The molecule has 14 heteroatoms. The molecular formula is C19H30N4O9S. The standard InChI is InChI=1S/C10H17N3O6S.C9H13NO3/c11-5(10(18)19)1-2-7(14)13-6(4-20)9(17)12-3-8(15)16;1-10-5-9(13)6-2-3-7(11)8(12)4-6/h5-6,20H,1-4,11H2,(H,12,17)(H,13,14)(H,15,16)(H,18,19);2-4,9-13H,5H2,1H3. The summed E-state index contributed by atoms with van der Waals surface area (Å²) in [4.78, 5) is 43.7. The molecule has 13 nitrogen and oxygen atoms in total. The van der Waals surface area contributed by atoms with E-state index in [-0.39, 0.29) is 30.1 Å². The Morgan fingerprint density at radius 2 is 1.76 bits per heavy atom. The van der Waals surface area contributed by atoms with Gasteiger partial charge in [0.25, 0.3) is 0 Å². The topological polar surface area (TPSA) is 232 Å². The number of carbonyl (C=O) groups is 4. The molecule has 0 aromatic heterocycles. The lowest BCUT2D eigenvalue weighted by atomic mass is 10.1. The molecule has 0 radical (unpaired) electrons. The number of hydrogen-bond donors (Lipinski definition) is 10. The third kappa shape index (κ3) is 12.5. The van der Waals surface area contributed by atoms with Gasteiger partial charge in [-0.1, -0.05) is 6.07 Å². The van der Waals surface area contributed by atoms with E-state index >= 15 is 0 Å². The predicted molar refractivity (Wildman–Crippen MR) is 120 cm³/mol. The van der Waals surface area contributed by atoms with Crippen LogP contribution < -0.4 is 21.7 Å². The maximum Gasteiger partial charge on any atom is 0.322 e. The first-order valence-electron chi connectivity index (χ1n) is 9.65. The van der Waals surface area contributed by atoms with E-state index in [1.807, 2.05) is 0 Å². The van der Waals surface area contributed by atoms with Crippen molar-refractivity contribution in [1.29, 1.82) is 0 Å². The van der Waals surface area contributed by atoms with Crippen LogP contribution in [0.1, 0.15) is 24.5 Å². The van der Waals surface area contributed by atoms with Gasteiger partial charge in [0, 0.05) is 18.7 Å². The summed E-state index contributed by atoms with van der Waals surface area (Å²) in [6.07, 6.45) is -0.905. The van der Waals surface area contributed by atoms with E-state index in [0.29, 0.717) is 12.1 Å². The zero-order chi connectivity index (χ0) is 25.6. The van der Waals surface area contributed by atoms with Crippen LogP contribution in [0.3, 0.4) is 0 Å². The Labute approximate surface area is 195 Å². The van der Waals surface area contributed by atoms with E-state index in [1.54, 1.807) is 13.1 Å². The third-order valence-electron chi connectivity index (χ3n) is 4.03. The number of amides is 2. The van der Waals surface area contributed by atoms with E-state index in [1.165, 1.54) is 12.1 Å². The van der Waals surface area contributed by atoms with Crippen LogP contribution in [0.4, 0.5) is 0 Å². The van der Waals surface area contributed by atoms with Crippen molar-refractivity contribution in [2.45, 2.75) is 31.0 Å². The minimum Gasteiger partial charge on any atom is -0.504 e. The number of hydrogen-bond acceptors (Lipinski definition) is 10. The molecule has 0 aliphatic rings. The molecule has 1 rings (SSSR count). The van der Waals surface area contributed by atoms with Crippen LogP contribution in [0.15, 0.2) is 18.2 Å². The van der Waals surface area contributed by atoms with E-state index in [2.05, 4.69) is 28.6 Å². The molecule has 1 aromatic rings. The summed E-state index contributed by atoms with van der Waals surface area (Å²) >= 11 is 3.87. The van der Waals surface area contributed by atoms with E-state index in [9.17, 15) is 24.3 Å². The van der Waals surface area contributed by atoms with Crippen LogP contribution in [-0.2, 0) is 19.2 Å². The number of carbonyl (C=O) groups excluding carboxylic acids is 2. The van der Waals surface area contributed by atoms with E-state index in [4.69, 9.17) is 26.2 Å². The molecule has 3 unspecified atom stereocenters. The summed E-state index contributed by atoms with van der Waals surface area (Å²) in [5.41, 5.74) is 5.80. The molecule has 0 heterocycles. The van der Waals surface area contributed by atoms with Crippen molar-refractivity contribution in [3.8, 4) is 11.5 Å². The van der Waals surface area contributed by atoms with Gasteiger partial charge in [-0.2, -0.15) is 12.6 Å². The second-order valence-electron chi connectivity index (χ2n) is 6.72. The number of phenolic OH excluding ortho intramolecular Hbond substituents is 2. The van der Waals surface area contributed by atoms with Crippen molar-refractivity contribution in [2.24, 2.45) is 5.73 Å². The molecule has 0 saturated heterocycles. The first-order chi connectivity index (χ1) is 15.4. The Morgan fingerprint density at radius 1 is 1.12 bits per heavy atom. The van der Waals surface area contributed by atoms with Crippen molar-refractivity contribution in [2.75, 3.05) is 25.9 Å². The van der Waals surface area contributed by atoms with Crippen molar-refractivity contribution in [1.82, 2.24) is 16.0 Å². The molecule has 186 valence electrons. The number of thiol groups is 1. The molecule has 33 heavy (non-hydrogen) atoms. The van der Waals surface area contributed by atoms with Crippen molar-refractivity contribution in [3.05, 3.63) is 23.8 Å². The Bertz CT molecular complexity index is 809. The Hall–Kier alpha value is -3.07. The molecule has 0 spiro atoms. The highest BCUT2D eigenvalue weighted by molar-refractivity contribution is 7.80. The molecule has 1 aromatic carbocycles. The molecule has 0 aliphatic carbocycles. The summed E-state index contributed by atoms with van der Waals surface area (Å²) in [5, 5.41) is 51.8. The summed E-state index contributed by atoms with van der Waals surface area (Å²) in [6.45, 7) is -0.160. The summed E-state index contributed by atoms with van der Waals surface area (Å²) < 4.78 is 0. The number of rotatable bonds is 12. The van der Waals surface area contributed by atoms with Crippen molar-refractivity contribution >= 4 is 36.4 Å². The average molecular weight is 491 g/mol. The molecular weight excluding hydrogens is 460 g/mol. The summed E-state index contributed by atoms with van der Waals surface area (Å²) in [5.74, 6) is -4.10. The number of likely N-dealkylation sites (N-methyl/N-ethyl adjacent to an activating group) is 1. The van der Waals surface area contributed by atoms with E-state index in [0.717, 1.165) is 0 Å². The van der Waals surface area contributed by atoms with Gasteiger partial charge in [-0.3, -0.25) is 19.2 Å². The number of carboxylic acids is 2. The third-order valence-corrected chi connectivity index (χ3v) is 4.39. The molecule has 0 aliphatic heterocycles. The Morgan fingerprint density at radius 3 is 2.24 bits per heavy atom. The molecule has 0 saturated carbocycles. The van der Waals surface area contributed by atoms with Gasteiger partial charge in [-0.05, 0) is 31.2 Å². The number of nitrogens with one attached hydrogen (secondary N) is 3. The predicted octanol–water partition coefficient (Wildman–Crippen LogP) is -1.86. The number of carboxylic acid groups (broad SMARTS) is 2.